The predicted molar refractivity (Wildman–Crippen MR) is 299 cm³/mol. The molecule has 0 fully saturated rings. The van der Waals surface area contributed by atoms with E-state index >= 15 is 0 Å². The lowest BCUT2D eigenvalue weighted by Gasteiger charge is -2.24. The smallest absolute Gasteiger partial charge is 0.303 e. The SMILES string of the molecule is CCCCCCCC/C=C\CCCCCCCC(=O)O.CCCCCCCC/C=C\CCCCCCCC(=O)O.CCCCCCCC/C=C\CCCCCCCC(=O)O.OC[C@@H](O)[C@@H](O)[C@H](O)[C@H](O)CO. The average molecular weight is 1030 g/mol. The van der Waals surface area contributed by atoms with Gasteiger partial charge in [0.15, 0.2) is 0 Å². The Kier molecular flexibility index (Phi) is 70.0. The Bertz CT molecular complexity index is 1040. The summed E-state index contributed by atoms with van der Waals surface area (Å²) in [5.41, 5.74) is 0. The Morgan fingerprint density at radius 2 is 0.458 bits per heavy atom. The van der Waals surface area contributed by atoms with Crippen molar-refractivity contribution < 1.29 is 60.3 Å². The fourth-order valence-corrected chi connectivity index (χ4v) is 7.71. The van der Waals surface area contributed by atoms with Crippen molar-refractivity contribution >= 4 is 17.9 Å². The maximum Gasteiger partial charge on any atom is 0.303 e. The van der Waals surface area contributed by atoms with E-state index in [0.717, 1.165) is 38.5 Å². The van der Waals surface area contributed by atoms with Crippen LogP contribution in [0.4, 0.5) is 0 Å². The molecule has 0 saturated carbocycles. The lowest BCUT2D eigenvalue weighted by molar-refractivity contribution is -0.138. The minimum atomic E-state index is -1.67. The molecule has 0 aromatic carbocycles. The number of hydrogen-bond donors (Lipinski definition) is 9. The standard InChI is InChI=1S/3C18H34O2.C6H14O6/c3*1-2-3-4-5-6-7-8-9-10-11-12-13-14-15-16-17-18(19)20;7-1-3(9)5(11)6(12)4(10)2-8/h3*9-10H,2-8,11-17H2,1H3,(H,19,20);3-12H,1-2H2/b3*10-9-;/t;;;3-,4-,5-,6-/m...1/s1. The van der Waals surface area contributed by atoms with E-state index in [9.17, 15) is 14.4 Å². The molecular weight excluding hydrogens is 913 g/mol. The molecule has 0 rings (SSSR count). The zero-order valence-corrected chi connectivity index (χ0v) is 46.6. The van der Waals surface area contributed by atoms with E-state index < -0.39 is 55.5 Å². The molecule has 0 aliphatic carbocycles. The molecule has 0 aliphatic heterocycles. The van der Waals surface area contributed by atoms with E-state index in [1.54, 1.807) is 0 Å². The number of carboxylic acid groups (broad SMARTS) is 3. The zero-order valence-electron chi connectivity index (χ0n) is 46.6. The molecule has 72 heavy (non-hydrogen) atoms. The van der Waals surface area contributed by atoms with Crippen LogP contribution in [0.5, 0.6) is 0 Å². The minimum Gasteiger partial charge on any atom is -0.481 e. The number of hydrogen-bond acceptors (Lipinski definition) is 9. The Labute approximate surface area is 441 Å². The molecule has 0 aromatic heterocycles. The van der Waals surface area contributed by atoms with Gasteiger partial charge in [-0.1, -0.05) is 211 Å². The van der Waals surface area contributed by atoms with Crippen LogP contribution in [0.25, 0.3) is 0 Å². The van der Waals surface area contributed by atoms with Crippen LogP contribution in [0.3, 0.4) is 0 Å². The Morgan fingerprint density at radius 1 is 0.292 bits per heavy atom. The Balaban J connectivity index is -0.000000435. The first-order chi connectivity index (χ1) is 34.9. The van der Waals surface area contributed by atoms with Crippen LogP contribution in [0.15, 0.2) is 36.5 Å². The van der Waals surface area contributed by atoms with Crippen LogP contribution in [-0.4, -0.2) is 101 Å². The topological polar surface area (TPSA) is 233 Å². The van der Waals surface area contributed by atoms with Crippen molar-refractivity contribution in [2.24, 2.45) is 0 Å². The van der Waals surface area contributed by atoms with E-state index in [2.05, 4.69) is 57.2 Å². The first-order valence-corrected chi connectivity index (χ1v) is 29.4. The molecule has 0 radical (unpaired) electrons. The molecule has 0 spiro atoms. The monoisotopic (exact) mass is 1030 g/mol. The van der Waals surface area contributed by atoms with Gasteiger partial charge in [0, 0.05) is 19.3 Å². The quantitative estimate of drug-likeness (QED) is 0.0205. The molecule has 0 saturated heterocycles. The molecule has 12 heteroatoms. The Morgan fingerprint density at radius 3 is 0.625 bits per heavy atom. The van der Waals surface area contributed by atoms with Gasteiger partial charge in [-0.2, -0.15) is 0 Å². The van der Waals surface area contributed by atoms with Gasteiger partial charge in [0.05, 0.1) is 13.2 Å². The van der Waals surface area contributed by atoms with E-state index in [-0.39, 0.29) is 0 Å². The van der Waals surface area contributed by atoms with E-state index in [0.29, 0.717) is 19.3 Å². The van der Waals surface area contributed by atoms with Crippen molar-refractivity contribution in [1.29, 1.82) is 0 Å². The molecule has 4 atom stereocenters. The van der Waals surface area contributed by atoms with Gasteiger partial charge in [0.2, 0.25) is 0 Å². The summed E-state index contributed by atoms with van der Waals surface area (Å²) in [5, 5.41) is 77.7. The largest absolute Gasteiger partial charge is 0.481 e. The summed E-state index contributed by atoms with van der Waals surface area (Å²) < 4.78 is 0. The van der Waals surface area contributed by atoms with Crippen LogP contribution < -0.4 is 0 Å². The molecule has 0 amide bonds. The number of rotatable bonds is 50. The third-order valence-electron chi connectivity index (χ3n) is 12.5. The van der Waals surface area contributed by atoms with Gasteiger partial charge in [0.1, 0.15) is 24.4 Å². The second-order valence-electron chi connectivity index (χ2n) is 19.7. The van der Waals surface area contributed by atoms with Crippen molar-refractivity contribution in [2.45, 2.75) is 315 Å². The van der Waals surface area contributed by atoms with E-state index in [4.69, 9.17) is 46.0 Å². The van der Waals surface area contributed by atoms with Gasteiger partial charge in [-0.25, -0.2) is 0 Å². The number of aliphatic hydroxyl groups excluding tert-OH is 6. The second-order valence-corrected chi connectivity index (χ2v) is 19.7. The summed E-state index contributed by atoms with van der Waals surface area (Å²) in [5.74, 6) is -1.99. The maximum absolute atomic E-state index is 10.3. The molecule has 0 bridgehead atoms. The molecule has 9 N–H and O–H groups in total. The molecule has 0 aliphatic rings. The number of carbonyl (C=O) groups is 3. The van der Waals surface area contributed by atoms with Crippen LogP contribution in [0.1, 0.15) is 290 Å². The van der Waals surface area contributed by atoms with E-state index in [1.807, 2.05) is 0 Å². The molecule has 0 heterocycles. The van der Waals surface area contributed by atoms with Gasteiger partial charge in [-0.05, 0) is 96.3 Å². The molecule has 12 nitrogen and oxygen atoms in total. The highest BCUT2D eigenvalue weighted by atomic mass is 16.4. The second kappa shape index (κ2) is 66.4. The number of aliphatic hydroxyl groups is 6. The van der Waals surface area contributed by atoms with Gasteiger partial charge in [0.25, 0.3) is 0 Å². The molecular formula is C60H116O12. The van der Waals surface area contributed by atoms with Gasteiger partial charge < -0.3 is 46.0 Å². The van der Waals surface area contributed by atoms with Crippen molar-refractivity contribution in [3.63, 3.8) is 0 Å². The number of aliphatic carboxylic acids is 3. The lowest BCUT2D eigenvalue weighted by Crippen LogP contribution is -2.46. The van der Waals surface area contributed by atoms with Gasteiger partial charge in [-0.3, -0.25) is 14.4 Å². The third kappa shape index (κ3) is 71.6. The summed E-state index contributed by atoms with van der Waals surface area (Å²) in [6.07, 6.45) is 57.3. The fourth-order valence-electron chi connectivity index (χ4n) is 7.71. The highest BCUT2D eigenvalue weighted by Gasteiger charge is 2.29. The first kappa shape index (κ1) is 75.9. The third-order valence-corrected chi connectivity index (χ3v) is 12.5. The highest BCUT2D eigenvalue weighted by Crippen LogP contribution is 2.13. The van der Waals surface area contributed by atoms with Crippen LogP contribution in [0.2, 0.25) is 0 Å². The summed E-state index contributed by atoms with van der Waals surface area (Å²) in [6, 6.07) is 0. The number of carboxylic acids is 3. The first-order valence-electron chi connectivity index (χ1n) is 29.4. The lowest BCUT2D eigenvalue weighted by atomic mass is 10.0. The van der Waals surface area contributed by atoms with E-state index in [1.165, 1.54) is 212 Å². The summed E-state index contributed by atoms with van der Waals surface area (Å²) in [6.45, 7) is 5.32. The van der Waals surface area contributed by atoms with Gasteiger partial charge >= 0.3 is 17.9 Å². The van der Waals surface area contributed by atoms with Crippen LogP contribution in [0, 0.1) is 0 Å². The van der Waals surface area contributed by atoms with Crippen molar-refractivity contribution in [3.8, 4) is 0 Å². The van der Waals surface area contributed by atoms with Crippen molar-refractivity contribution in [3.05, 3.63) is 36.5 Å². The zero-order chi connectivity index (χ0) is 54.4. The number of allylic oxidation sites excluding steroid dienone is 6. The van der Waals surface area contributed by atoms with Crippen molar-refractivity contribution in [1.82, 2.24) is 0 Å². The Hall–Kier alpha value is -2.61. The average Bonchev–Trinajstić information content (AvgIpc) is 3.36. The molecule has 0 unspecified atom stereocenters. The summed E-state index contributed by atoms with van der Waals surface area (Å²) >= 11 is 0. The normalized spacial score (nSPS) is 13.0. The summed E-state index contributed by atoms with van der Waals surface area (Å²) in [7, 11) is 0. The fraction of sp³-hybridized carbons (Fsp3) is 0.850. The highest BCUT2D eigenvalue weighted by molar-refractivity contribution is 5.67. The molecule has 0 aromatic rings. The van der Waals surface area contributed by atoms with Crippen LogP contribution in [-0.2, 0) is 14.4 Å². The molecule has 428 valence electrons. The summed E-state index contributed by atoms with van der Waals surface area (Å²) in [4.78, 5) is 31.0. The predicted octanol–water partition coefficient (Wildman–Crippen LogP) is 14.7. The van der Waals surface area contributed by atoms with Crippen molar-refractivity contribution in [2.75, 3.05) is 13.2 Å². The van der Waals surface area contributed by atoms with Crippen LogP contribution >= 0.6 is 0 Å². The maximum atomic E-state index is 10.3. The minimum absolute atomic E-state index is 0.332. The van der Waals surface area contributed by atoms with Gasteiger partial charge in [-0.15, -0.1) is 0 Å². The number of unbranched alkanes of at least 4 members (excludes halogenated alkanes) is 33.